The quantitative estimate of drug-likeness (QED) is 0.628. The Kier molecular flexibility index (Phi) is 5.06. The van der Waals surface area contributed by atoms with Crippen LogP contribution in [0.2, 0.25) is 0 Å². The summed E-state index contributed by atoms with van der Waals surface area (Å²) in [6.45, 7) is 7.07. The summed E-state index contributed by atoms with van der Waals surface area (Å²) in [5.74, 6) is 0.981. The molecule has 2 nitrogen and oxygen atoms in total. The van der Waals surface area contributed by atoms with E-state index in [0.717, 1.165) is 17.7 Å². The molecular formula is C14H16I2NO-. The summed E-state index contributed by atoms with van der Waals surface area (Å²) in [5, 5.41) is 1.22. The van der Waals surface area contributed by atoms with Crippen molar-refractivity contribution in [3.8, 4) is 5.75 Å². The average Bonchev–Trinajstić information content (AvgIpc) is 2.37. The van der Waals surface area contributed by atoms with E-state index in [0.29, 0.717) is 6.61 Å². The van der Waals surface area contributed by atoms with E-state index < -0.39 is 0 Å². The minimum atomic E-state index is 0.0141. The van der Waals surface area contributed by atoms with Crippen LogP contribution in [-0.4, -0.2) is 11.6 Å². The second-order valence-electron chi connectivity index (χ2n) is 4.00. The first kappa shape index (κ1) is 14.3. The van der Waals surface area contributed by atoms with Crippen LogP contribution in [0.3, 0.4) is 0 Å². The zero-order valence-electron chi connectivity index (χ0n) is 10.8. The Labute approximate surface area is 128 Å². The Morgan fingerprint density at radius 2 is 2.11 bits per heavy atom. The standard InChI is InChI=1S/C14H16I2NO/c1-4-10-13-11(17-9(3)14(10)16-15)7-6-8-12(13)18-5-2/h6-8H,4-5H2,1-3H3/q-1. The van der Waals surface area contributed by atoms with Crippen LogP contribution in [0.5, 0.6) is 5.75 Å². The fraction of sp³-hybridized carbons (Fsp3) is 0.357. The van der Waals surface area contributed by atoms with E-state index in [1.807, 2.05) is 13.0 Å². The molecule has 4 heteroatoms. The molecule has 1 heterocycles. The van der Waals surface area contributed by atoms with E-state index in [2.05, 4.69) is 44.6 Å². The van der Waals surface area contributed by atoms with E-state index in [4.69, 9.17) is 9.72 Å². The van der Waals surface area contributed by atoms with Crippen molar-refractivity contribution in [2.24, 2.45) is 0 Å². The number of halogens is 2. The molecule has 0 N–H and O–H groups in total. The Morgan fingerprint density at radius 1 is 1.33 bits per heavy atom. The first-order valence-electron chi connectivity index (χ1n) is 6.03. The zero-order valence-corrected chi connectivity index (χ0v) is 15.1. The first-order chi connectivity index (χ1) is 8.72. The molecular weight excluding hydrogens is 452 g/mol. The first-order valence-corrected chi connectivity index (χ1v) is 13.4. The number of aryl methyl sites for hydroxylation is 2. The molecule has 18 heavy (non-hydrogen) atoms. The molecule has 0 aliphatic rings. The van der Waals surface area contributed by atoms with Gasteiger partial charge in [-0.3, -0.25) is 0 Å². The van der Waals surface area contributed by atoms with Crippen LogP contribution in [0.4, 0.5) is 0 Å². The number of nitrogens with zero attached hydrogens (tertiary/aromatic N) is 1. The van der Waals surface area contributed by atoms with Gasteiger partial charge >= 0.3 is 129 Å². The van der Waals surface area contributed by atoms with Gasteiger partial charge in [-0.15, -0.1) is 0 Å². The zero-order chi connectivity index (χ0) is 13.1. The topological polar surface area (TPSA) is 22.1 Å². The Balaban J connectivity index is 2.82. The number of aromatic nitrogens is 1. The molecule has 0 aliphatic carbocycles. The van der Waals surface area contributed by atoms with Crippen molar-refractivity contribution in [2.75, 3.05) is 6.61 Å². The summed E-state index contributed by atoms with van der Waals surface area (Å²) in [7, 11) is 0. The molecule has 98 valence electrons. The van der Waals surface area contributed by atoms with Crippen molar-refractivity contribution in [2.45, 2.75) is 27.2 Å². The summed E-state index contributed by atoms with van der Waals surface area (Å²) < 4.78 is 7.24. The molecule has 0 amide bonds. The number of benzene rings is 1. The van der Waals surface area contributed by atoms with Gasteiger partial charge in [0, 0.05) is 0 Å². The van der Waals surface area contributed by atoms with E-state index >= 15 is 0 Å². The van der Waals surface area contributed by atoms with Crippen LogP contribution < -0.4 is 22.0 Å². The molecule has 0 unspecified atom stereocenters. The van der Waals surface area contributed by atoms with Crippen LogP contribution in [0.25, 0.3) is 10.9 Å². The van der Waals surface area contributed by atoms with Gasteiger partial charge in [-0.1, -0.05) is 0 Å². The molecule has 2 rings (SSSR count). The molecule has 2 aromatic rings. The fourth-order valence-electron chi connectivity index (χ4n) is 2.18. The number of hydrogen-bond acceptors (Lipinski definition) is 2. The predicted octanol–water partition coefficient (Wildman–Crippen LogP) is 1.11. The molecule has 0 atom stereocenters. The summed E-state index contributed by atoms with van der Waals surface area (Å²) in [4.78, 5) is 4.74. The van der Waals surface area contributed by atoms with Crippen molar-refractivity contribution in [1.29, 1.82) is 0 Å². The third-order valence-electron chi connectivity index (χ3n) is 2.90. The minimum absolute atomic E-state index is 0.0141. The van der Waals surface area contributed by atoms with Gasteiger partial charge in [0.05, 0.1) is 0 Å². The van der Waals surface area contributed by atoms with Crippen LogP contribution in [-0.2, 0) is 6.42 Å². The van der Waals surface area contributed by atoms with Crippen molar-refractivity contribution >= 4 is 29.5 Å². The molecule has 0 saturated heterocycles. The number of hydrogen-bond donors (Lipinski definition) is 0. The Morgan fingerprint density at radius 3 is 2.72 bits per heavy atom. The van der Waals surface area contributed by atoms with Crippen molar-refractivity contribution < 1.29 is 22.0 Å². The Hall–Kier alpha value is -0.110. The monoisotopic (exact) mass is 468 g/mol. The molecule has 0 aliphatic heterocycles. The van der Waals surface area contributed by atoms with Gasteiger partial charge in [-0.2, -0.15) is 0 Å². The van der Waals surface area contributed by atoms with Crippen LogP contribution >= 0.6 is 18.6 Å². The summed E-state index contributed by atoms with van der Waals surface area (Å²) in [6.07, 6.45) is 1.04. The number of rotatable bonds is 4. The van der Waals surface area contributed by atoms with E-state index in [1.54, 1.807) is 0 Å². The summed E-state index contributed by atoms with van der Waals surface area (Å²) >= 11 is 2.54. The van der Waals surface area contributed by atoms with Gasteiger partial charge in [0.2, 0.25) is 0 Å². The molecule has 0 spiro atoms. The normalized spacial score (nSPS) is 11.1. The van der Waals surface area contributed by atoms with Crippen LogP contribution in [0.1, 0.15) is 25.1 Å². The molecule has 1 aromatic carbocycles. The maximum absolute atomic E-state index is 5.77. The third kappa shape index (κ3) is 2.59. The van der Waals surface area contributed by atoms with Gasteiger partial charge in [0.1, 0.15) is 0 Å². The van der Waals surface area contributed by atoms with Gasteiger partial charge in [-0.05, 0) is 0 Å². The van der Waals surface area contributed by atoms with Gasteiger partial charge < -0.3 is 0 Å². The van der Waals surface area contributed by atoms with E-state index in [1.165, 1.54) is 20.2 Å². The fourth-order valence-corrected chi connectivity index (χ4v) is 7.12. The average molecular weight is 468 g/mol. The van der Waals surface area contributed by atoms with E-state index in [9.17, 15) is 0 Å². The molecule has 1 aromatic heterocycles. The summed E-state index contributed by atoms with van der Waals surface area (Å²) in [6, 6.07) is 6.16. The third-order valence-corrected chi connectivity index (χ3v) is 7.48. The van der Waals surface area contributed by atoms with Gasteiger partial charge in [0.25, 0.3) is 0 Å². The second-order valence-corrected chi connectivity index (χ2v) is 8.22. The van der Waals surface area contributed by atoms with Crippen molar-refractivity contribution in [1.82, 2.24) is 4.98 Å². The van der Waals surface area contributed by atoms with Crippen molar-refractivity contribution in [3.63, 3.8) is 0 Å². The van der Waals surface area contributed by atoms with Crippen LogP contribution in [0.15, 0.2) is 18.2 Å². The van der Waals surface area contributed by atoms with E-state index in [-0.39, 0.29) is 17.2 Å². The molecule has 0 radical (unpaired) electrons. The molecule has 0 bridgehead atoms. The summed E-state index contributed by atoms with van der Waals surface area (Å²) in [5.41, 5.74) is 3.69. The van der Waals surface area contributed by atoms with Gasteiger partial charge in [0.15, 0.2) is 0 Å². The molecule has 0 saturated carbocycles. The predicted molar refractivity (Wildman–Crippen MR) is 79.7 cm³/mol. The van der Waals surface area contributed by atoms with Crippen molar-refractivity contribution in [3.05, 3.63) is 33.0 Å². The SMILES string of the molecule is CCOc1cccc2nc(C)c([I-]I)c(CC)c12. The Bertz CT molecular complexity index is 569. The maximum atomic E-state index is 5.77. The number of fused-ring (bicyclic) bond motifs is 1. The number of pyridine rings is 1. The second kappa shape index (κ2) is 6.36. The molecule has 0 fully saturated rings. The van der Waals surface area contributed by atoms with Gasteiger partial charge in [-0.25, -0.2) is 0 Å². The number of ether oxygens (including phenoxy) is 1. The van der Waals surface area contributed by atoms with Crippen LogP contribution in [0, 0.1) is 10.5 Å².